The number of hydrogen-bond donors (Lipinski definition) is 1. The van der Waals surface area contributed by atoms with Crippen LogP contribution in [0.5, 0.6) is 5.88 Å². The fourth-order valence-electron chi connectivity index (χ4n) is 4.41. The molecule has 1 atom stereocenters. The summed E-state index contributed by atoms with van der Waals surface area (Å²) in [4.78, 5) is 20.9. The zero-order valence-corrected chi connectivity index (χ0v) is 23.7. The summed E-state index contributed by atoms with van der Waals surface area (Å²) in [5.74, 6) is -2.99. The number of ether oxygens (including phenoxy) is 2. The molecule has 0 aliphatic heterocycles. The Labute approximate surface area is 236 Å². The number of halogens is 2. The number of pyridine rings is 1. The van der Waals surface area contributed by atoms with Gasteiger partial charge in [0.15, 0.2) is 4.90 Å². The molecule has 12 heteroatoms. The van der Waals surface area contributed by atoms with Gasteiger partial charge in [-0.05, 0) is 62.2 Å². The van der Waals surface area contributed by atoms with Crippen molar-refractivity contribution in [2.45, 2.75) is 49.3 Å². The van der Waals surface area contributed by atoms with Gasteiger partial charge in [0.1, 0.15) is 24.1 Å². The van der Waals surface area contributed by atoms with Crippen molar-refractivity contribution in [3.05, 3.63) is 99.9 Å². The highest BCUT2D eigenvalue weighted by Crippen LogP contribution is 2.30. The number of sulfone groups is 1. The third-order valence-electron chi connectivity index (χ3n) is 6.33. The van der Waals surface area contributed by atoms with Crippen molar-refractivity contribution in [2.75, 3.05) is 13.7 Å². The summed E-state index contributed by atoms with van der Waals surface area (Å²) < 4.78 is 67.6. The maximum Gasteiger partial charge on any atom is 0.277 e. The molecule has 2 aromatic carbocycles. The zero-order valence-electron chi connectivity index (χ0n) is 22.8. The molecule has 0 fully saturated rings. The van der Waals surface area contributed by atoms with E-state index in [4.69, 9.17) is 9.47 Å². The molecule has 41 heavy (non-hydrogen) atoms. The van der Waals surface area contributed by atoms with E-state index in [1.54, 1.807) is 38.2 Å². The van der Waals surface area contributed by atoms with Gasteiger partial charge in [-0.25, -0.2) is 17.2 Å². The van der Waals surface area contributed by atoms with E-state index < -0.39 is 43.8 Å². The van der Waals surface area contributed by atoms with Crippen molar-refractivity contribution in [1.29, 1.82) is 0 Å². The first-order valence-corrected chi connectivity index (χ1v) is 14.1. The van der Waals surface area contributed by atoms with E-state index in [9.17, 15) is 27.1 Å². The minimum Gasteiger partial charge on any atom is -0.492 e. The molecule has 0 aliphatic rings. The van der Waals surface area contributed by atoms with Crippen molar-refractivity contribution in [1.82, 2.24) is 14.5 Å². The largest absolute Gasteiger partial charge is 0.492 e. The van der Waals surface area contributed by atoms with Crippen LogP contribution in [0, 0.1) is 18.6 Å². The number of nitrogens with zero attached hydrogens (tertiary/aromatic N) is 3. The van der Waals surface area contributed by atoms with Gasteiger partial charge < -0.3 is 14.6 Å². The van der Waals surface area contributed by atoms with Crippen LogP contribution in [0.25, 0.3) is 11.1 Å². The summed E-state index contributed by atoms with van der Waals surface area (Å²) in [6.07, 6.45) is 1.32. The van der Waals surface area contributed by atoms with Gasteiger partial charge in [-0.1, -0.05) is 18.2 Å². The maximum absolute atomic E-state index is 14.2. The monoisotopic (exact) mass is 585 g/mol. The molecular formula is C29H29F2N3O6S. The first kappa shape index (κ1) is 30.0. The lowest BCUT2D eigenvalue weighted by atomic mass is 10.1. The third-order valence-corrected chi connectivity index (χ3v) is 8.12. The number of methoxy groups -OCH3 is 1. The number of benzene rings is 2. The third kappa shape index (κ3) is 6.34. The molecule has 1 unspecified atom stereocenters. The second-order valence-electron chi connectivity index (χ2n) is 9.55. The Hall–Kier alpha value is -4.00. The summed E-state index contributed by atoms with van der Waals surface area (Å²) in [6.45, 7) is 4.69. The molecule has 0 bridgehead atoms. The minimum atomic E-state index is -4.62. The fraction of sp³-hybridized carbons (Fsp3) is 0.276. The van der Waals surface area contributed by atoms with Crippen LogP contribution >= 0.6 is 0 Å². The predicted octanol–water partition coefficient (Wildman–Crippen LogP) is 4.59. The Morgan fingerprint density at radius 2 is 1.71 bits per heavy atom. The highest BCUT2D eigenvalue weighted by molar-refractivity contribution is 7.91. The highest BCUT2D eigenvalue weighted by Gasteiger charge is 2.32. The second kappa shape index (κ2) is 12.2. The number of aryl methyl sites for hydroxylation is 1. The van der Waals surface area contributed by atoms with E-state index >= 15 is 0 Å². The quantitative estimate of drug-likeness (QED) is 0.287. The van der Waals surface area contributed by atoms with E-state index in [0.29, 0.717) is 11.6 Å². The minimum absolute atomic E-state index is 0.00993. The number of aromatic hydroxyl groups is 1. The van der Waals surface area contributed by atoms with Crippen molar-refractivity contribution in [3.63, 3.8) is 0 Å². The van der Waals surface area contributed by atoms with Gasteiger partial charge in [-0.3, -0.25) is 14.3 Å². The van der Waals surface area contributed by atoms with E-state index in [2.05, 4.69) is 9.97 Å². The Balaban J connectivity index is 1.91. The van der Waals surface area contributed by atoms with Crippen LogP contribution in [0.15, 0.2) is 75.4 Å². The van der Waals surface area contributed by atoms with Crippen LogP contribution in [0.3, 0.4) is 0 Å². The van der Waals surface area contributed by atoms with Gasteiger partial charge in [0.05, 0.1) is 23.6 Å². The van der Waals surface area contributed by atoms with Crippen molar-refractivity contribution < 1.29 is 31.8 Å². The molecule has 2 aromatic heterocycles. The Morgan fingerprint density at radius 3 is 2.29 bits per heavy atom. The van der Waals surface area contributed by atoms with Crippen LogP contribution in [0.4, 0.5) is 8.78 Å². The van der Waals surface area contributed by atoms with Gasteiger partial charge in [-0.2, -0.15) is 4.98 Å². The molecule has 0 spiro atoms. The average molecular weight is 586 g/mol. The normalized spacial score (nSPS) is 12.6. The lowest BCUT2D eigenvalue weighted by Gasteiger charge is -2.24. The zero-order chi connectivity index (χ0) is 29.9. The Kier molecular flexibility index (Phi) is 8.95. The van der Waals surface area contributed by atoms with Gasteiger partial charge in [0.2, 0.25) is 15.7 Å². The van der Waals surface area contributed by atoms with Crippen LogP contribution in [-0.2, 0) is 25.9 Å². The SMILES string of the molecule is COCC(c1cc(F)cc(F)c1)n1c(COC(C)C)nc(O)c(S(=O)(=O)c2ccc(-c3cccnc3C)cc2)c1=O. The Bertz CT molecular complexity index is 1700. The lowest BCUT2D eigenvalue weighted by Crippen LogP contribution is -2.35. The summed E-state index contributed by atoms with van der Waals surface area (Å²) in [7, 11) is -3.30. The summed E-state index contributed by atoms with van der Waals surface area (Å²) in [5, 5.41) is 10.8. The lowest BCUT2D eigenvalue weighted by molar-refractivity contribution is 0.0557. The molecule has 216 valence electrons. The first-order valence-electron chi connectivity index (χ1n) is 12.6. The first-order chi connectivity index (χ1) is 19.4. The van der Waals surface area contributed by atoms with Crippen LogP contribution in [0.1, 0.15) is 37.0 Å². The fourth-order valence-corrected chi connectivity index (χ4v) is 5.76. The molecule has 0 radical (unpaired) electrons. The average Bonchev–Trinajstić information content (AvgIpc) is 2.90. The predicted molar refractivity (Wildman–Crippen MR) is 146 cm³/mol. The molecule has 0 amide bonds. The smallest absolute Gasteiger partial charge is 0.277 e. The molecule has 2 heterocycles. The van der Waals surface area contributed by atoms with E-state index in [1.807, 2.05) is 13.0 Å². The molecule has 0 saturated heterocycles. The van der Waals surface area contributed by atoms with E-state index in [-0.39, 0.29) is 35.6 Å². The molecular weight excluding hydrogens is 556 g/mol. The van der Waals surface area contributed by atoms with Gasteiger partial charge >= 0.3 is 0 Å². The number of aromatic nitrogens is 3. The van der Waals surface area contributed by atoms with Crippen LogP contribution < -0.4 is 5.56 Å². The second-order valence-corrected chi connectivity index (χ2v) is 11.4. The summed E-state index contributed by atoms with van der Waals surface area (Å²) in [6, 6.07) is 10.8. The van der Waals surface area contributed by atoms with Crippen molar-refractivity contribution >= 4 is 9.84 Å². The molecule has 9 nitrogen and oxygen atoms in total. The molecule has 1 N–H and O–H groups in total. The van der Waals surface area contributed by atoms with Gasteiger partial charge in [-0.15, -0.1) is 0 Å². The molecule has 0 saturated carbocycles. The summed E-state index contributed by atoms with van der Waals surface area (Å²) >= 11 is 0. The Morgan fingerprint density at radius 1 is 1.05 bits per heavy atom. The van der Waals surface area contributed by atoms with Gasteiger partial charge in [0, 0.05) is 30.6 Å². The molecule has 0 aliphatic carbocycles. The highest BCUT2D eigenvalue weighted by atomic mass is 32.2. The van der Waals surface area contributed by atoms with Crippen molar-refractivity contribution in [3.8, 4) is 17.0 Å². The molecule has 4 aromatic rings. The molecule has 4 rings (SSSR count). The number of rotatable bonds is 10. The standard InChI is InChI=1S/C29H29F2N3O6S/c1-17(2)40-16-26-33-28(35)27(29(36)34(26)25(15-39-4)20-12-21(30)14-22(31)13-20)41(37,38)23-9-7-19(8-10-23)24-6-5-11-32-18(24)3/h5-14,17,25,35H,15-16H2,1-4H3. The van der Waals surface area contributed by atoms with E-state index in [1.165, 1.54) is 19.2 Å². The van der Waals surface area contributed by atoms with E-state index in [0.717, 1.165) is 28.0 Å². The van der Waals surface area contributed by atoms with Gasteiger partial charge in [0.25, 0.3) is 5.56 Å². The maximum atomic E-state index is 14.2. The number of hydrogen-bond acceptors (Lipinski definition) is 8. The van der Waals surface area contributed by atoms with Crippen LogP contribution in [-0.4, -0.2) is 47.9 Å². The summed E-state index contributed by atoms with van der Waals surface area (Å²) in [5.41, 5.74) is 1.07. The van der Waals surface area contributed by atoms with Crippen LogP contribution in [0.2, 0.25) is 0 Å². The topological polar surface area (TPSA) is 121 Å². The van der Waals surface area contributed by atoms with Crippen molar-refractivity contribution in [2.24, 2.45) is 0 Å².